The maximum absolute atomic E-state index is 13.2. The number of alkyl halides is 3. The Morgan fingerprint density at radius 3 is 2.41 bits per heavy atom. The average Bonchev–Trinajstić information content (AvgIpc) is 2.68. The molecule has 0 unspecified atom stereocenters. The third-order valence-corrected chi connectivity index (χ3v) is 5.24. The van der Waals surface area contributed by atoms with E-state index >= 15 is 0 Å². The molecule has 0 spiro atoms. The summed E-state index contributed by atoms with van der Waals surface area (Å²) in [5, 5.41) is 12.3. The minimum Gasteiger partial charge on any atom is -0.506 e. The van der Waals surface area contributed by atoms with Gasteiger partial charge in [0.05, 0.1) is 23.0 Å². The second-order valence-electron chi connectivity index (χ2n) is 6.86. The van der Waals surface area contributed by atoms with Crippen molar-refractivity contribution in [3.05, 3.63) is 53.1 Å². The van der Waals surface area contributed by atoms with Crippen molar-refractivity contribution in [1.82, 2.24) is 4.90 Å². The quantitative estimate of drug-likeness (QED) is 0.767. The molecule has 0 aromatic heterocycles. The highest BCUT2D eigenvalue weighted by molar-refractivity contribution is 6.30. The van der Waals surface area contributed by atoms with Gasteiger partial charge in [0.15, 0.2) is 0 Å². The van der Waals surface area contributed by atoms with Crippen LogP contribution in [0, 0.1) is 0 Å². The molecule has 9 heteroatoms. The average molecular weight is 428 g/mol. The van der Waals surface area contributed by atoms with Gasteiger partial charge in [0.25, 0.3) is 0 Å². The van der Waals surface area contributed by atoms with Gasteiger partial charge in [-0.25, -0.2) is 0 Å². The molecule has 2 aromatic carbocycles. The van der Waals surface area contributed by atoms with Crippen molar-refractivity contribution >= 4 is 28.9 Å². The number of halogens is 4. The van der Waals surface area contributed by atoms with E-state index in [2.05, 4.69) is 5.32 Å². The summed E-state index contributed by atoms with van der Waals surface area (Å²) in [6.07, 6.45) is -4.62. The summed E-state index contributed by atoms with van der Waals surface area (Å²) in [5.41, 5.74) is -0.568. The first-order chi connectivity index (χ1) is 13.7. The van der Waals surface area contributed by atoms with Crippen LogP contribution in [0.4, 0.5) is 24.5 Å². The summed E-state index contributed by atoms with van der Waals surface area (Å²) in [5.74, 6) is -0.331. The van der Waals surface area contributed by atoms with Crippen LogP contribution in [0.3, 0.4) is 0 Å². The normalized spacial score (nSPS) is 16.5. The molecule has 1 atom stereocenters. The van der Waals surface area contributed by atoms with Gasteiger partial charge < -0.3 is 15.3 Å². The number of rotatable bonds is 4. The molecule has 3 rings (SSSR count). The van der Waals surface area contributed by atoms with Gasteiger partial charge in [-0.05, 0) is 37.3 Å². The van der Waals surface area contributed by atoms with E-state index in [-0.39, 0.29) is 16.5 Å². The Balaban J connectivity index is 1.64. The minimum absolute atomic E-state index is 0.0522. The predicted octanol–water partition coefficient (Wildman–Crippen LogP) is 4.21. The standard InChI is InChI=1S/C20H21ClF3N3O2/c1-13(19(29)25-16-7-6-14(21)12-15(16)20(22,23)24)26-8-10-27(11-9-26)17-4-2-3-5-18(17)28/h2-7,12-13,28H,8-11H2,1H3,(H,25,29)/t13-/m1/s1. The van der Waals surface area contributed by atoms with Gasteiger partial charge in [0.2, 0.25) is 5.91 Å². The van der Waals surface area contributed by atoms with Crippen LogP contribution in [0.15, 0.2) is 42.5 Å². The molecule has 1 heterocycles. The topological polar surface area (TPSA) is 55.8 Å². The lowest BCUT2D eigenvalue weighted by Gasteiger charge is -2.38. The van der Waals surface area contributed by atoms with E-state index in [1.54, 1.807) is 19.1 Å². The third kappa shape index (κ3) is 4.94. The monoisotopic (exact) mass is 427 g/mol. The number of phenols is 1. The van der Waals surface area contributed by atoms with Gasteiger partial charge in [-0.1, -0.05) is 23.7 Å². The van der Waals surface area contributed by atoms with Gasteiger partial charge >= 0.3 is 6.18 Å². The first kappa shape index (κ1) is 21.3. The molecular formula is C20H21ClF3N3O2. The number of aromatic hydroxyl groups is 1. The van der Waals surface area contributed by atoms with Crippen LogP contribution in [0.5, 0.6) is 5.75 Å². The van der Waals surface area contributed by atoms with Gasteiger partial charge in [-0.15, -0.1) is 0 Å². The molecule has 1 saturated heterocycles. The largest absolute Gasteiger partial charge is 0.506 e. The Hall–Kier alpha value is -2.45. The lowest BCUT2D eigenvalue weighted by Crippen LogP contribution is -2.52. The molecule has 5 nitrogen and oxygen atoms in total. The number of carbonyl (C=O) groups excluding carboxylic acids is 1. The van der Waals surface area contributed by atoms with Crippen molar-refractivity contribution in [1.29, 1.82) is 0 Å². The van der Waals surface area contributed by atoms with Gasteiger partial charge in [-0.2, -0.15) is 13.2 Å². The van der Waals surface area contributed by atoms with Crippen molar-refractivity contribution in [2.24, 2.45) is 0 Å². The van der Waals surface area contributed by atoms with Gasteiger partial charge in [-0.3, -0.25) is 9.69 Å². The minimum atomic E-state index is -4.62. The molecule has 0 radical (unpaired) electrons. The van der Waals surface area contributed by atoms with Crippen LogP contribution >= 0.6 is 11.6 Å². The summed E-state index contributed by atoms with van der Waals surface area (Å²) in [6, 6.07) is 9.66. The molecule has 29 heavy (non-hydrogen) atoms. The first-order valence-corrected chi connectivity index (χ1v) is 9.49. The van der Waals surface area contributed by atoms with Crippen molar-refractivity contribution in [3.8, 4) is 5.75 Å². The molecule has 0 saturated carbocycles. The molecule has 2 aromatic rings. The van der Waals surface area contributed by atoms with E-state index in [0.29, 0.717) is 26.2 Å². The molecule has 1 fully saturated rings. The number of nitrogens with zero attached hydrogens (tertiary/aromatic N) is 2. The van der Waals surface area contributed by atoms with Crippen molar-refractivity contribution in [2.45, 2.75) is 19.1 Å². The Morgan fingerprint density at radius 1 is 1.14 bits per heavy atom. The zero-order valence-electron chi connectivity index (χ0n) is 15.7. The van der Waals surface area contributed by atoms with Crippen LogP contribution in [-0.4, -0.2) is 48.1 Å². The predicted molar refractivity (Wildman–Crippen MR) is 106 cm³/mol. The molecular weight excluding hydrogens is 407 g/mol. The smallest absolute Gasteiger partial charge is 0.418 e. The molecule has 1 aliphatic rings. The molecule has 1 aliphatic heterocycles. The van der Waals surface area contributed by atoms with Gasteiger partial charge in [0.1, 0.15) is 5.75 Å². The fraction of sp³-hybridized carbons (Fsp3) is 0.350. The number of hydrogen-bond donors (Lipinski definition) is 2. The number of phenolic OH excluding ortho intramolecular Hbond substituents is 1. The molecule has 0 aliphatic carbocycles. The third-order valence-electron chi connectivity index (χ3n) is 5.01. The highest BCUT2D eigenvalue weighted by atomic mass is 35.5. The fourth-order valence-corrected chi connectivity index (χ4v) is 3.52. The van der Waals surface area contributed by atoms with Crippen LogP contribution in [0.1, 0.15) is 12.5 Å². The van der Waals surface area contributed by atoms with E-state index in [1.165, 1.54) is 6.07 Å². The molecule has 2 N–H and O–H groups in total. The van der Waals surface area contributed by atoms with Crippen molar-refractivity contribution < 1.29 is 23.1 Å². The highest BCUT2D eigenvalue weighted by Crippen LogP contribution is 2.36. The van der Waals surface area contributed by atoms with E-state index in [0.717, 1.165) is 17.8 Å². The Labute approximate surface area is 171 Å². The zero-order valence-corrected chi connectivity index (χ0v) is 16.5. The van der Waals surface area contributed by atoms with Crippen LogP contribution in [0.2, 0.25) is 5.02 Å². The molecule has 156 valence electrons. The van der Waals surface area contributed by atoms with E-state index in [4.69, 9.17) is 11.6 Å². The summed E-state index contributed by atoms with van der Waals surface area (Å²) in [6.45, 7) is 3.91. The van der Waals surface area contributed by atoms with E-state index in [9.17, 15) is 23.1 Å². The number of carbonyl (C=O) groups is 1. The maximum Gasteiger partial charge on any atom is 0.418 e. The molecule has 0 bridgehead atoms. The fourth-order valence-electron chi connectivity index (χ4n) is 3.34. The number of benzene rings is 2. The van der Waals surface area contributed by atoms with Crippen LogP contribution in [0.25, 0.3) is 0 Å². The van der Waals surface area contributed by atoms with Crippen LogP contribution in [-0.2, 0) is 11.0 Å². The summed E-state index contributed by atoms with van der Waals surface area (Å²) >= 11 is 5.68. The first-order valence-electron chi connectivity index (χ1n) is 9.11. The lowest BCUT2D eigenvalue weighted by atomic mass is 10.1. The highest BCUT2D eigenvalue weighted by Gasteiger charge is 2.35. The van der Waals surface area contributed by atoms with Crippen LogP contribution < -0.4 is 10.2 Å². The lowest BCUT2D eigenvalue weighted by molar-refractivity contribution is -0.137. The number of para-hydroxylation sites is 2. The van der Waals surface area contributed by atoms with E-state index in [1.807, 2.05) is 21.9 Å². The number of amides is 1. The second kappa shape index (κ2) is 8.51. The van der Waals surface area contributed by atoms with Gasteiger partial charge in [0, 0.05) is 31.2 Å². The second-order valence-corrected chi connectivity index (χ2v) is 7.30. The van der Waals surface area contributed by atoms with Crippen molar-refractivity contribution in [2.75, 3.05) is 36.4 Å². The number of anilines is 2. The SMILES string of the molecule is C[C@H](C(=O)Nc1ccc(Cl)cc1C(F)(F)F)N1CCN(c2ccccc2O)CC1. The zero-order chi connectivity index (χ0) is 21.2. The summed E-state index contributed by atoms with van der Waals surface area (Å²) in [4.78, 5) is 16.5. The number of nitrogens with one attached hydrogen (secondary N) is 1. The summed E-state index contributed by atoms with van der Waals surface area (Å²) in [7, 11) is 0. The Bertz CT molecular complexity index is 884. The number of piperazine rings is 1. The van der Waals surface area contributed by atoms with Crippen molar-refractivity contribution in [3.63, 3.8) is 0 Å². The maximum atomic E-state index is 13.2. The Kier molecular flexibility index (Phi) is 6.24. The number of hydrogen-bond acceptors (Lipinski definition) is 4. The molecule has 1 amide bonds. The summed E-state index contributed by atoms with van der Waals surface area (Å²) < 4.78 is 39.7. The van der Waals surface area contributed by atoms with E-state index < -0.39 is 23.7 Å². The Morgan fingerprint density at radius 2 is 1.79 bits per heavy atom.